The smallest absolute Gasteiger partial charge is 0.320 e. The van der Waals surface area contributed by atoms with Crippen LogP contribution in [0.2, 0.25) is 0 Å². The molecular formula is C8H8N4O2. The Hall–Kier alpha value is -2.00. The number of carboxylic acids is 1. The largest absolute Gasteiger partial charge is 0.480 e. The molecule has 1 aromatic rings. The molecular weight excluding hydrogens is 184 g/mol. The van der Waals surface area contributed by atoms with E-state index in [1.807, 2.05) is 6.07 Å². The van der Waals surface area contributed by atoms with E-state index in [0.717, 1.165) is 0 Å². The SMILES string of the molecule is N#Cc1ccc(CC(N)C(=O)O)nn1. The van der Waals surface area contributed by atoms with Crippen LogP contribution in [-0.2, 0) is 11.2 Å². The third-order valence-corrected chi connectivity index (χ3v) is 1.58. The molecule has 6 nitrogen and oxygen atoms in total. The quantitative estimate of drug-likeness (QED) is 0.654. The van der Waals surface area contributed by atoms with Gasteiger partial charge in [-0.1, -0.05) is 0 Å². The van der Waals surface area contributed by atoms with Gasteiger partial charge in [0.1, 0.15) is 12.1 Å². The Labute approximate surface area is 80.0 Å². The van der Waals surface area contributed by atoms with Crippen LogP contribution >= 0.6 is 0 Å². The second kappa shape index (κ2) is 4.30. The molecule has 0 radical (unpaired) electrons. The maximum atomic E-state index is 10.4. The average molecular weight is 192 g/mol. The summed E-state index contributed by atoms with van der Waals surface area (Å²) in [5.74, 6) is -1.09. The summed E-state index contributed by atoms with van der Waals surface area (Å²) >= 11 is 0. The van der Waals surface area contributed by atoms with Crippen LogP contribution in [0.4, 0.5) is 0 Å². The van der Waals surface area contributed by atoms with E-state index < -0.39 is 12.0 Å². The number of carboxylic acid groups (broad SMARTS) is 1. The lowest BCUT2D eigenvalue weighted by atomic mass is 10.1. The van der Waals surface area contributed by atoms with Gasteiger partial charge in [0.25, 0.3) is 0 Å². The van der Waals surface area contributed by atoms with Crippen LogP contribution < -0.4 is 5.73 Å². The molecule has 0 fully saturated rings. The molecule has 0 aliphatic rings. The molecule has 0 saturated heterocycles. The van der Waals surface area contributed by atoms with Crippen molar-refractivity contribution in [2.45, 2.75) is 12.5 Å². The molecule has 1 rings (SSSR count). The summed E-state index contributed by atoms with van der Waals surface area (Å²) in [5.41, 5.74) is 5.94. The Morgan fingerprint density at radius 1 is 1.64 bits per heavy atom. The van der Waals surface area contributed by atoms with Gasteiger partial charge >= 0.3 is 5.97 Å². The normalized spacial score (nSPS) is 11.7. The average Bonchev–Trinajstić information content (AvgIpc) is 2.19. The van der Waals surface area contributed by atoms with E-state index in [4.69, 9.17) is 16.1 Å². The summed E-state index contributed by atoms with van der Waals surface area (Å²) in [5, 5.41) is 24.2. The summed E-state index contributed by atoms with van der Waals surface area (Å²) in [6.07, 6.45) is 0.105. The number of rotatable bonds is 3. The van der Waals surface area contributed by atoms with Gasteiger partial charge in [-0.3, -0.25) is 4.79 Å². The third-order valence-electron chi connectivity index (χ3n) is 1.58. The van der Waals surface area contributed by atoms with Crippen molar-refractivity contribution in [2.75, 3.05) is 0 Å². The molecule has 0 bridgehead atoms. The highest BCUT2D eigenvalue weighted by Crippen LogP contribution is 1.98. The van der Waals surface area contributed by atoms with Gasteiger partial charge in [0, 0.05) is 6.42 Å². The number of nitrogens with two attached hydrogens (primary N) is 1. The fraction of sp³-hybridized carbons (Fsp3) is 0.250. The van der Waals surface area contributed by atoms with Crippen LogP contribution in [0.25, 0.3) is 0 Å². The van der Waals surface area contributed by atoms with E-state index in [-0.39, 0.29) is 12.1 Å². The number of aromatic nitrogens is 2. The number of nitrogens with zero attached hydrogens (tertiary/aromatic N) is 3. The van der Waals surface area contributed by atoms with Crippen molar-refractivity contribution in [3.05, 3.63) is 23.5 Å². The lowest BCUT2D eigenvalue weighted by molar-refractivity contribution is -0.138. The van der Waals surface area contributed by atoms with Crippen LogP contribution in [0, 0.1) is 11.3 Å². The van der Waals surface area contributed by atoms with Crippen molar-refractivity contribution in [1.29, 1.82) is 5.26 Å². The van der Waals surface area contributed by atoms with Crippen molar-refractivity contribution >= 4 is 5.97 Å². The van der Waals surface area contributed by atoms with Crippen LogP contribution in [0.15, 0.2) is 12.1 Å². The highest BCUT2D eigenvalue weighted by atomic mass is 16.4. The van der Waals surface area contributed by atoms with E-state index in [9.17, 15) is 4.79 Å². The zero-order valence-corrected chi connectivity index (χ0v) is 7.21. The second-order valence-corrected chi connectivity index (χ2v) is 2.67. The maximum absolute atomic E-state index is 10.4. The molecule has 0 aromatic carbocycles. The van der Waals surface area contributed by atoms with Crippen molar-refractivity contribution < 1.29 is 9.90 Å². The fourth-order valence-electron chi connectivity index (χ4n) is 0.841. The van der Waals surface area contributed by atoms with E-state index in [1.165, 1.54) is 12.1 Å². The Morgan fingerprint density at radius 3 is 2.79 bits per heavy atom. The molecule has 1 aromatic heterocycles. The zero-order valence-electron chi connectivity index (χ0n) is 7.21. The van der Waals surface area contributed by atoms with Crippen LogP contribution in [0.1, 0.15) is 11.4 Å². The van der Waals surface area contributed by atoms with E-state index in [1.54, 1.807) is 0 Å². The Morgan fingerprint density at radius 2 is 2.36 bits per heavy atom. The molecule has 72 valence electrons. The summed E-state index contributed by atoms with van der Waals surface area (Å²) in [4.78, 5) is 10.4. The molecule has 1 atom stereocenters. The number of nitriles is 1. The molecule has 1 unspecified atom stereocenters. The summed E-state index contributed by atoms with van der Waals surface area (Å²) < 4.78 is 0. The first kappa shape index (κ1) is 10.1. The topological polar surface area (TPSA) is 113 Å². The highest BCUT2D eigenvalue weighted by Gasteiger charge is 2.12. The standard InChI is InChI=1S/C8H8N4O2/c9-4-6-2-1-5(11-12-6)3-7(10)8(13)14/h1-2,7H,3,10H2,(H,13,14). The van der Waals surface area contributed by atoms with Crippen molar-refractivity contribution in [3.8, 4) is 6.07 Å². The third kappa shape index (κ3) is 2.50. The maximum Gasteiger partial charge on any atom is 0.320 e. The fourth-order valence-corrected chi connectivity index (χ4v) is 0.841. The molecule has 1 heterocycles. The van der Waals surface area contributed by atoms with Gasteiger partial charge in [0.15, 0.2) is 5.69 Å². The Kier molecular flexibility index (Phi) is 3.09. The minimum absolute atomic E-state index is 0.105. The molecule has 14 heavy (non-hydrogen) atoms. The zero-order chi connectivity index (χ0) is 10.6. The predicted octanol–water partition coefficient (Wildman–Crippen LogP) is -0.697. The van der Waals surface area contributed by atoms with E-state index in [0.29, 0.717) is 5.69 Å². The Balaban J connectivity index is 2.70. The molecule has 0 aliphatic carbocycles. The van der Waals surface area contributed by atoms with Crippen molar-refractivity contribution in [2.24, 2.45) is 5.73 Å². The van der Waals surface area contributed by atoms with Crippen molar-refractivity contribution in [1.82, 2.24) is 10.2 Å². The van der Waals surface area contributed by atoms with Crippen LogP contribution in [0.3, 0.4) is 0 Å². The monoisotopic (exact) mass is 192 g/mol. The number of hydrogen-bond acceptors (Lipinski definition) is 5. The predicted molar refractivity (Wildman–Crippen MR) is 46.1 cm³/mol. The van der Waals surface area contributed by atoms with Gasteiger partial charge in [-0.25, -0.2) is 0 Å². The number of aliphatic carboxylic acids is 1. The molecule has 0 spiro atoms. The van der Waals surface area contributed by atoms with Gasteiger partial charge in [-0.2, -0.15) is 10.4 Å². The molecule has 0 saturated carbocycles. The number of carbonyl (C=O) groups is 1. The van der Waals surface area contributed by atoms with Gasteiger partial charge < -0.3 is 10.8 Å². The first-order valence-electron chi connectivity index (χ1n) is 3.84. The molecule has 6 heteroatoms. The minimum atomic E-state index is -1.09. The first-order valence-corrected chi connectivity index (χ1v) is 3.84. The van der Waals surface area contributed by atoms with Crippen molar-refractivity contribution in [3.63, 3.8) is 0 Å². The lowest BCUT2D eigenvalue weighted by Crippen LogP contribution is -2.32. The Bertz CT molecular complexity index is 368. The summed E-state index contributed by atoms with van der Waals surface area (Å²) in [6, 6.07) is 3.83. The van der Waals surface area contributed by atoms with Gasteiger partial charge in [0.05, 0.1) is 5.69 Å². The number of hydrogen-bond donors (Lipinski definition) is 2. The summed E-state index contributed by atoms with van der Waals surface area (Å²) in [6.45, 7) is 0. The molecule has 0 aliphatic heterocycles. The first-order chi connectivity index (χ1) is 6.63. The van der Waals surface area contributed by atoms with Gasteiger partial charge in [-0.05, 0) is 12.1 Å². The van der Waals surface area contributed by atoms with Gasteiger partial charge in [0.2, 0.25) is 0 Å². The summed E-state index contributed by atoms with van der Waals surface area (Å²) in [7, 11) is 0. The van der Waals surface area contributed by atoms with E-state index in [2.05, 4.69) is 10.2 Å². The van der Waals surface area contributed by atoms with E-state index >= 15 is 0 Å². The van der Waals surface area contributed by atoms with Crippen LogP contribution in [-0.4, -0.2) is 27.3 Å². The lowest BCUT2D eigenvalue weighted by Gasteiger charge is -2.03. The highest BCUT2D eigenvalue weighted by molar-refractivity contribution is 5.73. The second-order valence-electron chi connectivity index (χ2n) is 2.67. The molecule has 3 N–H and O–H groups in total. The minimum Gasteiger partial charge on any atom is -0.480 e. The molecule has 0 amide bonds. The van der Waals surface area contributed by atoms with Crippen LogP contribution in [0.5, 0.6) is 0 Å². The van der Waals surface area contributed by atoms with Gasteiger partial charge in [-0.15, -0.1) is 5.10 Å².